The lowest BCUT2D eigenvalue weighted by molar-refractivity contribution is 0.0922. The van der Waals surface area contributed by atoms with Crippen LogP contribution in [0.5, 0.6) is 0 Å². The van der Waals surface area contributed by atoms with Gasteiger partial charge >= 0.3 is 0 Å². The summed E-state index contributed by atoms with van der Waals surface area (Å²) in [6, 6.07) is 0. The molecule has 6 heteroatoms. The zero-order valence-corrected chi connectivity index (χ0v) is 8.52. The fourth-order valence-electron chi connectivity index (χ4n) is 0.987. The van der Waals surface area contributed by atoms with E-state index in [-0.39, 0.29) is 6.61 Å². The van der Waals surface area contributed by atoms with E-state index in [1.165, 1.54) is 6.20 Å². The second kappa shape index (κ2) is 6.97. The van der Waals surface area contributed by atoms with E-state index in [1.807, 2.05) is 0 Å². The summed E-state index contributed by atoms with van der Waals surface area (Å²) >= 11 is 0. The van der Waals surface area contributed by atoms with Crippen molar-refractivity contribution in [3.05, 3.63) is 12.4 Å². The second-order valence-corrected chi connectivity index (χ2v) is 2.94. The van der Waals surface area contributed by atoms with Crippen LogP contribution < -0.4 is 11.1 Å². The lowest BCUT2D eigenvalue weighted by atomic mass is 10.4. The molecule has 0 unspecified atom stereocenters. The number of nitrogens with one attached hydrogen (secondary N) is 1. The fraction of sp³-hybridized carbons (Fsp3) is 0.556. The van der Waals surface area contributed by atoms with Crippen LogP contribution in [0.2, 0.25) is 0 Å². The molecule has 1 aromatic rings. The van der Waals surface area contributed by atoms with E-state index < -0.39 is 0 Å². The van der Waals surface area contributed by atoms with Crippen molar-refractivity contribution in [3.63, 3.8) is 0 Å². The topological polar surface area (TPSA) is 93.3 Å². The smallest absolute Gasteiger partial charge is 0.144 e. The molecule has 0 aliphatic heterocycles. The third-order valence-electron chi connectivity index (χ3n) is 1.68. The van der Waals surface area contributed by atoms with Crippen LogP contribution in [0.1, 0.15) is 6.42 Å². The maximum Gasteiger partial charge on any atom is 0.144 e. The van der Waals surface area contributed by atoms with Crippen molar-refractivity contribution in [3.8, 4) is 0 Å². The minimum absolute atomic E-state index is 0.0663. The molecule has 0 saturated carbocycles. The van der Waals surface area contributed by atoms with Gasteiger partial charge in [-0.2, -0.15) is 0 Å². The van der Waals surface area contributed by atoms with Crippen LogP contribution in [0.25, 0.3) is 0 Å². The van der Waals surface area contributed by atoms with Gasteiger partial charge in [0.2, 0.25) is 0 Å². The molecule has 0 aliphatic carbocycles. The summed E-state index contributed by atoms with van der Waals surface area (Å²) in [4.78, 5) is 7.93. The van der Waals surface area contributed by atoms with Crippen molar-refractivity contribution < 1.29 is 9.84 Å². The SMILES string of the molecule is Nc1cnc(NCCCOCCO)cn1. The van der Waals surface area contributed by atoms with Gasteiger partial charge in [-0.1, -0.05) is 0 Å². The molecule has 1 aromatic heterocycles. The molecule has 0 atom stereocenters. The maximum atomic E-state index is 8.46. The van der Waals surface area contributed by atoms with Crippen LogP contribution in [0.15, 0.2) is 12.4 Å². The summed E-state index contributed by atoms with van der Waals surface area (Å²) in [5.74, 6) is 1.11. The molecule has 1 rings (SSSR count). The molecule has 0 spiro atoms. The first kappa shape index (κ1) is 11.7. The Labute approximate surface area is 88.5 Å². The Bertz CT molecular complexity index is 265. The molecule has 0 bridgehead atoms. The molecule has 0 radical (unpaired) electrons. The minimum atomic E-state index is 0.0663. The summed E-state index contributed by atoms with van der Waals surface area (Å²) in [6.07, 6.45) is 3.95. The summed E-state index contributed by atoms with van der Waals surface area (Å²) in [5, 5.41) is 11.5. The number of aliphatic hydroxyl groups excluding tert-OH is 1. The average molecular weight is 212 g/mol. The molecule has 84 valence electrons. The number of nitrogens with two attached hydrogens (primary N) is 1. The number of aliphatic hydroxyl groups is 1. The van der Waals surface area contributed by atoms with Crippen LogP contribution in [-0.4, -0.2) is 41.4 Å². The van der Waals surface area contributed by atoms with E-state index in [2.05, 4.69) is 15.3 Å². The molecule has 6 nitrogen and oxygen atoms in total. The van der Waals surface area contributed by atoms with E-state index >= 15 is 0 Å². The number of hydrogen-bond donors (Lipinski definition) is 3. The Kier molecular flexibility index (Phi) is 5.42. The normalized spacial score (nSPS) is 10.2. The van der Waals surface area contributed by atoms with Gasteiger partial charge in [-0.3, -0.25) is 0 Å². The zero-order valence-electron chi connectivity index (χ0n) is 8.52. The third kappa shape index (κ3) is 5.14. The molecule has 0 amide bonds. The van der Waals surface area contributed by atoms with E-state index in [0.29, 0.717) is 24.8 Å². The Morgan fingerprint density at radius 2 is 2.20 bits per heavy atom. The van der Waals surface area contributed by atoms with Gasteiger partial charge < -0.3 is 20.9 Å². The molecular weight excluding hydrogens is 196 g/mol. The third-order valence-corrected chi connectivity index (χ3v) is 1.68. The summed E-state index contributed by atoms with van der Waals surface area (Å²) in [5.41, 5.74) is 5.39. The lowest BCUT2D eigenvalue weighted by Crippen LogP contribution is -2.08. The highest BCUT2D eigenvalue weighted by Gasteiger charge is 1.93. The first-order valence-corrected chi connectivity index (χ1v) is 4.83. The molecule has 1 heterocycles. The largest absolute Gasteiger partial charge is 0.394 e. The van der Waals surface area contributed by atoms with Crippen molar-refractivity contribution in [1.29, 1.82) is 0 Å². The Hall–Kier alpha value is -1.40. The monoisotopic (exact) mass is 212 g/mol. The van der Waals surface area contributed by atoms with Gasteiger partial charge in [0.25, 0.3) is 0 Å². The molecule has 0 saturated heterocycles. The molecule has 0 fully saturated rings. The number of anilines is 2. The van der Waals surface area contributed by atoms with Gasteiger partial charge in [0, 0.05) is 13.2 Å². The molecule has 0 aromatic carbocycles. The van der Waals surface area contributed by atoms with Crippen LogP contribution >= 0.6 is 0 Å². The summed E-state index contributed by atoms with van der Waals surface area (Å²) in [6.45, 7) is 1.83. The van der Waals surface area contributed by atoms with Crippen LogP contribution in [0, 0.1) is 0 Å². The van der Waals surface area contributed by atoms with Crippen LogP contribution in [-0.2, 0) is 4.74 Å². The number of nitrogen functional groups attached to an aromatic ring is 1. The average Bonchev–Trinajstić information content (AvgIpc) is 2.26. The van der Waals surface area contributed by atoms with E-state index in [1.54, 1.807) is 6.20 Å². The highest BCUT2D eigenvalue weighted by Crippen LogP contribution is 2.01. The molecule has 15 heavy (non-hydrogen) atoms. The Morgan fingerprint density at radius 3 is 2.87 bits per heavy atom. The van der Waals surface area contributed by atoms with Gasteiger partial charge in [0.05, 0.1) is 25.6 Å². The second-order valence-electron chi connectivity index (χ2n) is 2.94. The van der Waals surface area contributed by atoms with Crippen molar-refractivity contribution in [2.45, 2.75) is 6.42 Å². The van der Waals surface area contributed by atoms with Gasteiger partial charge in [0.1, 0.15) is 11.6 Å². The first-order chi connectivity index (χ1) is 7.33. The van der Waals surface area contributed by atoms with Crippen molar-refractivity contribution >= 4 is 11.6 Å². The van der Waals surface area contributed by atoms with E-state index in [0.717, 1.165) is 13.0 Å². The highest BCUT2D eigenvalue weighted by atomic mass is 16.5. The predicted molar refractivity (Wildman–Crippen MR) is 57.5 cm³/mol. The number of hydrogen-bond acceptors (Lipinski definition) is 6. The maximum absolute atomic E-state index is 8.46. The lowest BCUT2D eigenvalue weighted by Gasteiger charge is -2.05. The minimum Gasteiger partial charge on any atom is -0.394 e. The zero-order chi connectivity index (χ0) is 10.9. The number of ether oxygens (including phenoxy) is 1. The standard InChI is InChI=1S/C9H16N4O2/c10-8-6-13-9(7-12-8)11-2-1-4-15-5-3-14/h6-7,14H,1-5H2,(H2,10,12)(H,11,13). The van der Waals surface area contributed by atoms with E-state index in [4.69, 9.17) is 15.6 Å². The quantitative estimate of drug-likeness (QED) is 0.545. The Balaban J connectivity index is 2.07. The van der Waals surface area contributed by atoms with Gasteiger partial charge in [-0.05, 0) is 6.42 Å². The first-order valence-electron chi connectivity index (χ1n) is 4.83. The van der Waals surface area contributed by atoms with Crippen molar-refractivity contribution in [1.82, 2.24) is 9.97 Å². The fourth-order valence-corrected chi connectivity index (χ4v) is 0.987. The van der Waals surface area contributed by atoms with Crippen LogP contribution in [0.3, 0.4) is 0 Å². The summed E-state index contributed by atoms with van der Waals surface area (Å²) < 4.78 is 5.09. The molecule has 0 aliphatic rings. The van der Waals surface area contributed by atoms with E-state index in [9.17, 15) is 0 Å². The summed E-state index contributed by atoms with van der Waals surface area (Å²) in [7, 11) is 0. The highest BCUT2D eigenvalue weighted by molar-refractivity contribution is 5.35. The predicted octanol–water partition coefficient (Wildman–Crippen LogP) is -0.130. The number of aromatic nitrogens is 2. The van der Waals surface area contributed by atoms with Crippen molar-refractivity contribution in [2.75, 3.05) is 37.4 Å². The van der Waals surface area contributed by atoms with Gasteiger partial charge in [-0.25, -0.2) is 9.97 Å². The van der Waals surface area contributed by atoms with Gasteiger partial charge in [-0.15, -0.1) is 0 Å². The van der Waals surface area contributed by atoms with Gasteiger partial charge in [0.15, 0.2) is 0 Å². The Morgan fingerprint density at radius 1 is 1.33 bits per heavy atom. The molecule has 4 N–H and O–H groups in total. The van der Waals surface area contributed by atoms with Crippen LogP contribution in [0.4, 0.5) is 11.6 Å². The molecular formula is C9H16N4O2. The number of rotatable bonds is 7. The number of nitrogens with zero attached hydrogens (tertiary/aromatic N) is 2. The van der Waals surface area contributed by atoms with Crippen molar-refractivity contribution in [2.24, 2.45) is 0 Å².